The molecule has 0 radical (unpaired) electrons. The molecule has 0 saturated carbocycles. The van der Waals surface area contributed by atoms with Crippen LogP contribution in [0.25, 0.3) is 0 Å². The molecule has 3 heteroatoms. The molecule has 0 spiro atoms. The van der Waals surface area contributed by atoms with E-state index in [1.54, 1.807) is 0 Å². The highest BCUT2D eigenvalue weighted by molar-refractivity contribution is 5.76. The first-order valence-corrected chi connectivity index (χ1v) is 6.71. The first kappa shape index (κ1) is 14.7. The van der Waals surface area contributed by atoms with Crippen LogP contribution in [0.5, 0.6) is 0 Å². The van der Waals surface area contributed by atoms with Gasteiger partial charge in [0.1, 0.15) is 0 Å². The molecular formula is C15H24N2O. The molecule has 0 atom stereocenters. The summed E-state index contributed by atoms with van der Waals surface area (Å²) >= 11 is 0. The molecule has 1 amide bonds. The van der Waals surface area contributed by atoms with Crippen LogP contribution in [0, 0.1) is 6.92 Å². The lowest BCUT2D eigenvalue weighted by Crippen LogP contribution is -2.32. The fourth-order valence-corrected chi connectivity index (χ4v) is 1.98. The van der Waals surface area contributed by atoms with Crippen molar-refractivity contribution in [2.24, 2.45) is 0 Å². The van der Waals surface area contributed by atoms with Crippen molar-refractivity contribution in [3.05, 3.63) is 35.4 Å². The van der Waals surface area contributed by atoms with E-state index in [4.69, 9.17) is 0 Å². The Balaban J connectivity index is 2.24. The molecule has 0 aromatic heterocycles. The van der Waals surface area contributed by atoms with E-state index in [1.165, 1.54) is 11.1 Å². The van der Waals surface area contributed by atoms with Crippen molar-refractivity contribution in [2.45, 2.75) is 33.7 Å². The lowest BCUT2D eigenvalue weighted by molar-refractivity contribution is -0.130. The highest BCUT2D eigenvalue weighted by Crippen LogP contribution is 2.03. The Morgan fingerprint density at radius 3 is 2.61 bits per heavy atom. The first-order chi connectivity index (χ1) is 8.67. The number of nitrogens with zero attached hydrogens (tertiary/aromatic N) is 1. The molecule has 0 bridgehead atoms. The summed E-state index contributed by atoms with van der Waals surface area (Å²) in [6.07, 6.45) is 0.577. The van der Waals surface area contributed by atoms with Crippen molar-refractivity contribution in [1.82, 2.24) is 10.2 Å². The summed E-state index contributed by atoms with van der Waals surface area (Å²) in [4.78, 5) is 13.6. The van der Waals surface area contributed by atoms with Crippen molar-refractivity contribution in [3.8, 4) is 0 Å². The second-order valence-electron chi connectivity index (χ2n) is 4.48. The predicted octanol–water partition coefficient (Wildman–Crippen LogP) is 2.34. The fraction of sp³-hybridized carbons (Fsp3) is 0.533. The average Bonchev–Trinajstić information content (AvgIpc) is 2.36. The molecular weight excluding hydrogens is 224 g/mol. The number of amides is 1. The van der Waals surface area contributed by atoms with Gasteiger partial charge in [-0.1, -0.05) is 29.8 Å². The molecule has 3 nitrogen and oxygen atoms in total. The Morgan fingerprint density at radius 2 is 2.00 bits per heavy atom. The maximum atomic E-state index is 11.8. The van der Waals surface area contributed by atoms with Gasteiger partial charge < -0.3 is 10.2 Å². The van der Waals surface area contributed by atoms with E-state index in [-0.39, 0.29) is 5.91 Å². The van der Waals surface area contributed by atoms with Crippen LogP contribution in [0.3, 0.4) is 0 Å². The van der Waals surface area contributed by atoms with Crippen molar-refractivity contribution in [3.63, 3.8) is 0 Å². The van der Waals surface area contributed by atoms with E-state index < -0.39 is 0 Å². The Hall–Kier alpha value is -1.35. The van der Waals surface area contributed by atoms with Crippen LogP contribution in [-0.4, -0.2) is 30.4 Å². The lowest BCUT2D eigenvalue weighted by Gasteiger charge is -2.18. The summed E-state index contributed by atoms with van der Waals surface area (Å²) in [6.45, 7) is 9.29. The summed E-state index contributed by atoms with van der Waals surface area (Å²) in [5.74, 6) is 0.233. The van der Waals surface area contributed by atoms with Gasteiger partial charge in [0, 0.05) is 32.6 Å². The van der Waals surface area contributed by atoms with Gasteiger partial charge in [-0.3, -0.25) is 4.79 Å². The third-order valence-corrected chi connectivity index (χ3v) is 3.04. The van der Waals surface area contributed by atoms with E-state index in [0.29, 0.717) is 6.42 Å². The Kier molecular flexibility index (Phi) is 6.44. The van der Waals surface area contributed by atoms with Crippen molar-refractivity contribution in [2.75, 3.05) is 19.6 Å². The smallest absolute Gasteiger partial charge is 0.223 e. The van der Waals surface area contributed by atoms with Crippen LogP contribution in [0.15, 0.2) is 24.3 Å². The van der Waals surface area contributed by atoms with Gasteiger partial charge in [-0.05, 0) is 26.3 Å². The quantitative estimate of drug-likeness (QED) is 0.751. The minimum Gasteiger partial charge on any atom is -0.343 e. The number of rotatable bonds is 7. The normalized spacial score (nSPS) is 10.4. The molecule has 1 aromatic carbocycles. The van der Waals surface area contributed by atoms with Crippen LogP contribution >= 0.6 is 0 Å². The van der Waals surface area contributed by atoms with Gasteiger partial charge in [-0.25, -0.2) is 0 Å². The summed E-state index contributed by atoms with van der Waals surface area (Å²) in [6, 6.07) is 8.42. The van der Waals surface area contributed by atoms with Crippen LogP contribution < -0.4 is 5.32 Å². The maximum absolute atomic E-state index is 11.8. The van der Waals surface area contributed by atoms with Gasteiger partial charge in [0.15, 0.2) is 0 Å². The second kappa shape index (κ2) is 7.88. The standard InChI is InChI=1S/C15H24N2O/c1-4-17(5-2)15(18)9-10-16-12-14-8-6-7-13(3)11-14/h6-8,11,16H,4-5,9-10,12H2,1-3H3. The second-order valence-corrected chi connectivity index (χ2v) is 4.48. The van der Waals surface area contributed by atoms with Crippen molar-refractivity contribution in [1.29, 1.82) is 0 Å². The number of benzene rings is 1. The van der Waals surface area contributed by atoms with Crippen LogP contribution in [0.2, 0.25) is 0 Å². The van der Waals surface area contributed by atoms with Gasteiger partial charge in [0.25, 0.3) is 0 Å². The highest BCUT2D eigenvalue weighted by atomic mass is 16.2. The first-order valence-electron chi connectivity index (χ1n) is 6.71. The third kappa shape index (κ3) is 4.88. The molecule has 0 aliphatic carbocycles. The average molecular weight is 248 g/mol. The molecule has 0 aliphatic rings. The SMILES string of the molecule is CCN(CC)C(=O)CCNCc1cccc(C)c1. The molecule has 0 fully saturated rings. The van der Waals surface area contributed by atoms with Crippen LogP contribution in [0.4, 0.5) is 0 Å². The zero-order valence-electron chi connectivity index (χ0n) is 11.7. The number of nitrogens with one attached hydrogen (secondary N) is 1. The summed E-state index contributed by atoms with van der Waals surface area (Å²) in [5.41, 5.74) is 2.54. The number of hydrogen-bond acceptors (Lipinski definition) is 2. The van der Waals surface area contributed by atoms with Gasteiger partial charge in [-0.15, -0.1) is 0 Å². The predicted molar refractivity (Wildman–Crippen MR) is 75.4 cm³/mol. The van der Waals surface area contributed by atoms with E-state index >= 15 is 0 Å². The molecule has 0 saturated heterocycles. The molecule has 1 N–H and O–H groups in total. The summed E-state index contributed by atoms with van der Waals surface area (Å²) in [7, 11) is 0. The molecule has 1 aromatic rings. The highest BCUT2D eigenvalue weighted by Gasteiger charge is 2.07. The topological polar surface area (TPSA) is 32.3 Å². The Morgan fingerprint density at radius 1 is 1.28 bits per heavy atom. The number of carbonyl (C=O) groups excluding carboxylic acids is 1. The number of aryl methyl sites for hydroxylation is 1. The fourth-order valence-electron chi connectivity index (χ4n) is 1.98. The number of hydrogen-bond donors (Lipinski definition) is 1. The molecule has 18 heavy (non-hydrogen) atoms. The third-order valence-electron chi connectivity index (χ3n) is 3.04. The van der Waals surface area contributed by atoms with Gasteiger partial charge >= 0.3 is 0 Å². The zero-order chi connectivity index (χ0) is 13.4. The van der Waals surface area contributed by atoms with E-state index in [0.717, 1.165) is 26.2 Å². The van der Waals surface area contributed by atoms with Gasteiger partial charge in [0.05, 0.1) is 0 Å². The van der Waals surface area contributed by atoms with Crippen molar-refractivity contribution < 1.29 is 4.79 Å². The lowest BCUT2D eigenvalue weighted by atomic mass is 10.1. The molecule has 1 rings (SSSR count). The summed E-state index contributed by atoms with van der Waals surface area (Å²) in [5, 5.41) is 3.32. The minimum absolute atomic E-state index is 0.233. The zero-order valence-corrected chi connectivity index (χ0v) is 11.7. The molecule has 0 aliphatic heterocycles. The van der Waals surface area contributed by atoms with E-state index in [1.807, 2.05) is 18.7 Å². The molecule has 100 valence electrons. The minimum atomic E-state index is 0.233. The molecule has 0 heterocycles. The van der Waals surface area contributed by atoms with E-state index in [2.05, 4.69) is 36.5 Å². The maximum Gasteiger partial charge on any atom is 0.223 e. The van der Waals surface area contributed by atoms with Crippen molar-refractivity contribution >= 4 is 5.91 Å². The van der Waals surface area contributed by atoms with Gasteiger partial charge in [0.2, 0.25) is 5.91 Å². The van der Waals surface area contributed by atoms with E-state index in [9.17, 15) is 4.79 Å². The molecule has 0 unspecified atom stereocenters. The van der Waals surface area contributed by atoms with Crippen LogP contribution in [0.1, 0.15) is 31.4 Å². The Labute approximate surface area is 110 Å². The summed E-state index contributed by atoms with van der Waals surface area (Å²) < 4.78 is 0. The van der Waals surface area contributed by atoms with Crippen LogP contribution in [-0.2, 0) is 11.3 Å². The Bertz CT molecular complexity index is 373. The monoisotopic (exact) mass is 248 g/mol. The number of carbonyl (C=O) groups is 1. The van der Waals surface area contributed by atoms with Gasteiger partial charge in [-0.2, -0.15) is 0 Å². The largest absolute Gasteiger partial charge is 0.343 e.